The van der Waals surface area contributed by atoms with E-state index in [4.69, 9.17) is 4.74 Å². The molecule has 0 saturated carbocycles. The van der Waals surface area contributed by atoms with Crippen molar-refractivity contribution in [3.63, 3.8) is 0 Å². The van der Waals surface area contributed by atoms with Crippen molar-refractivity contribution in [2.24, 2.45) is 0 Å². The van der Waals surface area contributed by atoms with E-state index in [1.807, 2.05) is 0 Å². The number of hydrogen-bond donors (Lipinski definition) is 1. The zero-order valence-corrected chi connectivity index (χ0v) is 11.6. The molecule has 0 amide bonds. The molecular weight excluding hydrogens is 226 g/mol. The highest BCUT2D eigenvalue weighted by Crippen LogP contribution is 2.25. The Balaban J connectivity index is 1.54. The van der Waals surface area contributed by atoms with Gasteiger partial charge in [0.1, 0.15) is 0 Å². The molecule has 3 unspecified atom stereocenters. The van der Waals surface area contributed by atoms with Gasteiger partial charge in [0.25, 0.3) is 0 Å². The van der Waals surface area contributed by atoms with Crippen molar-refractivity contribution in [1.82, 2.24) is 15.1 Å². The summed E-state index contributed by atoms with van der Waals surface area (Å²) in [6.45, 7) is 6.71. The topological polar surface area (TPSA) is 27.7 Å². The van der Waals surface area contributed by atoms with Gasteiger partial charge in [-0.3, -0.25) is 4.90 Å². The molecule has 3 fully saturated rings. The lowest BCUT2D eigenvalue weighted by Gasteiger charge is -2.36. The van der Waals surface area contributed by atoms with Crippen LogP contribution in [0.2, 0.25) is 0 Å². The molecule has 1 N–H and O–H groups in total. The Labute approximate surface area is 111 Å². The van der Waals surface area contributed by atoms with Crippen LogP contribution in [-0.4, -0.2) is 74.4 Å². The van der Waals surface area contributed by atoms with E-state index in [1.165, 1.54) is 38.8 Å². The second-order valence-corrected chi connectivity index (χ2v) is 6.16. The van der Waals surface area contributed by atoms with Crippen LogP contribution in [0.25, 0.3) is 0 Å². The van der Waals surface area contributed by atoms with E-state index in [-0.39, 0.29) is 0 Å². The average molecular weight is 253 g/mol. The van der Waals surface area contributed by atoms with Gasteiger partial charge in [0.05, 0.1) is 12.7 Å². The number of ether oxygens (including phenoxy) is 1. The minimum absolute atomic E-state index is 0.422. The molecule has 4 heteroatoms. The minimum atomic E-state index is 0.422. The largest absolute Gasteiger partial charge is 0.374 e. The number of hydrogen-bond acceptors (Lipinski definition) is 4. The monoisotopic (exact) mass is 253 g/mol. The van der Waals surface area contributed by atoms with Crippen LogP contribution >= 0.6 is 0 Å². The van der Waals surface area contributed by atoms with E-state index in [0.717, 1.165) is 38.3 Å². The van der Waals surface area contributed by atoms with Gasteiger partial charge in [-0.2, -0.15) is 0 Å². The fraction of sp³-hybridized carbons (Fsp3) is 1.00. The first-order valence-corrected chi connectivity index (χ1v) is 7.60. The predicted molar refractivity (Wildman–Crippen MR) is 72.9 cm³/mol. The van der Waals surface area contributed by atoms with Crippen LogP contribution in [-0.2, 0) is 4.74 Å². The summed E-state index contributed by atoms with van der Waals surface area (Å²) >= 11 is 0. The van der Waals surface area contributed by atoms with Crippen molar-refractivity contribution in [3.8, 4) is 0 Å². The summed E-state index contributed by atoms with van der Waals surface area (Å²) in [5.41, 5.74) is 0. The first-order chi connectivity index (χ1) is 8.83. The van der Waals surface area contributed by atoms with Gasteiger partial charge < -0.3 is 15.0 Å². The second-order valence-electron chi connectivity index (χ2n) is 6.16. The standard InChI is InChI=1S/C14H27N3O/c1-16-8-9-18-12(10-16)11-17-7-3-5-14(17)13-4-2-6-15-13/h12-15H,2-11H2,1H3. The van der Waals surface area contributed by atoms with E-state index in [1.54, 1.807) is 0 Å². The van der Waals surface area contributed by atoms with Crippen molar-refractivity contribution in [2.45, 2.75) is 43.9 Å². The maximum Gasteiger partial charge on any atom is 0.0829 e. The molecule has 0 aromatic rings. The van der Waals surface area contributed by atoms with Crippen LogP contribution in [0.1, 0.15) is 25.7 Å². The lowest BCUT2D eigenvalue weighted by Crippen LogP contribution is -2.50. The van der Waals surface area contributed by atoms with E-state index >= 15 is 0 Å². The van der Waals surface area contributed by atoms with Gasteiger partial charge in [0.15, 0.2) is 0 Å². The van der Waals surface area contributed by atoms with Gasteiger partial charge in [0.2, 0.25) is 0 Å². The van der Waals surface area contributed by atoms with Gasteiger partial charge in [-0.15, -0.1) is 0 Å². The fourth-order valence-corrected chi connectivity index (χ4v) is 3.81. The van der Waals surface area contributed by atoms with E-state index in [0.29, 0.717) is 6.10 Å². The van der Waals surface area contributed by atoms with Crippen LogP contribution in [0, 0.1) is 0 Å². The Hall–Kier alpha value is -0.160. The quantitative estimate of drug-likeness (QED) is 0.794. The highest BCUT2D eigenvalue weighted by molar-refractivity contribution is 4.93. The number of nitrogens with one attached hydrogen (secondary N) is 1. The predicted octanol–water partition coefficient (Wildman–Crippen LogP) is 0.533. The Kier molecular flexibility index (Phi) is 4.19. The molecule has 0 aromatic heterocycles. The maximum atomic E-state index is 5.92. The van der Waals surface area contributed by atoms with Crippen LogP contribution in [0.4, 0.5) is 0 Å². The third-order valence-electron chi connectivity index (χ3n) is 4.76. The first kappa shape index (κ1) is 12.9. The summed E-state index contributed by atoms with van der Waals surface area (Å²) < 4.78 is 5.92. The third-order valence-corrected chi connectivity index (χ3v) is 4.76. The summed E-state index contributed by atoms with van der Waals surface area (Å²) in [5, 5.41) is 3.68. The van der Waals surface area contributed by atoms with Gasteiger partial charge in [-0.05, 0) is 45.8 Å². The average Bonchev–Trinajstić information content (AvgIpc) is 2.98. The van der Waals surface area contributed by atoms with Gasteiger partial charge in [0, 0.05) is 31.7 Å². The summed E-state index contributed by atoms with van der Waals surface area (Å²) in [4.78, 5) is 5.08. The number of nitrogens with zero attached hydrogens (tertiary/aromatic N) is 2. The third kappa shape index (κ3) is 2.87. The molecule has 3 aliphatic heterocycles. The second kappa shape index (κ2) is 5.87. The van der Waals surface area contributed by atoms with Gasteiger partial charge >= 0.3 is 0 Å². The number of likely N-dealkylation sites (N-methyl/N-ethyl adjacent to an activating group) is 1. The lowest BCUT2D eigenvalue weighted by molar-refractivity contribution is -0.0385. The molecular formula is C14H27N3O. The minimum Gasteiger partial charge on any atom is -0.374 e. The van der Waals surface area contributed by atoms with Gasteiger partial charge in [-0.1, -0.05) is 0 Å². The normalized spacial score (nSPS) is 39.5. The molecule has 0 bridgehead atoms. The van der Waals surface area contributed by atoms with Crippen LogP contribution in [0.15, 0.2) is 0 Å². The van der Waals surface area contributed by atoms with Crippen molar-refractivity contribution in [3.05, 3.63) is 0 Å². The molecule has 3 atom stereocenters. The zero-order valence-electron chi connectivity index (χ0n) is 11.6. The van der Waals surface area contributed by atoms with Crippen LogP contribution in [0.3, 0.4) is 0 Å². The Bertz CT molecular complexity index is 268. The number of likely N-dealkylation sites (tertiary alicyclic amines) is 1. The Morgan fingerprint density at radius 2 is 2.17 bits per heavy atom. The molecule has 3 rings (SSSR count). The maximum absolute atomic E-state index is 5.92. The lowest BCUT2D eigenvalue weighted by atomic mass is 10.0. The van der Waals surface area contributed by atoms with E-state index in [9.17, 15) is 0 Å². The highest BCUT2D eigenvalue weighted by atomic mass is 16.5. The first-order valence-electron chi connectivity index (χ1n) is 7.60. The SMILES string of the molecule is CN1CCOC(CN2CCCC2C2CCCN2)C1. The van der Waals surface area contributed by atoms with Crippen LogP contribution in [0.5, 0.6) is 0 Å². The van der Waals surface area contributed by atoms with Gasteiger partial charge in [-0.25, -0.2) is 0 Å². The molecule has 0 aliphatic carbocycles. The van der Waals surface area contributed by atoms with E-state index in [2.05, 4.69) is 22.2 Å². The molecule has 104 valence electrons. The summed E-state index contributed by atoms with van der Waals surface area (Å²) in [6.07, 6.45) is 5.89. The molecule has 3 saturated heterocycles. The van der Waals surface area contributed by atoms with Crippen molar-refractivity contribution < 1.29 is 4.74 Å². The molecule has 3 aliphatic rings. The van der Waals surface area contributed by atoms with Crippen molar-refractivity contribution in [2.75, 3.05) is 46.4 Å². The van der Waals surface area contributed by atoms with Crippen LogP contribution < -0.4 is 5.32 Å². The summed E-state index contributed by atoms with van der Waals surface area (Å²) in [5.74, 6) is 0. The summed E-state index contributed by atoms with van der Waals surface area (Å²) in [7, 11) is 2.20. The molecule has 0 spiro atoms. The molecule has 0 radical (unpaired) electrons. The Morgan fingerprint density at radius 3 is 2.94 bits per heavy atom. The zero-order chi connectivity index (χ0) is 12.4. The molecule has 3 heterocycles. The molecule has 4 nitrogen and oxygen atoms in total. The molecule has 0 aromatic carbocycles. The summed E-state index contributed by atoms with van der Waals surface area (Å²) in [6, 6.07) is 1.51. The fourth-order valence-electron chi connectivity index (χ4n) is 3.81. The van der Waals surface area contributed by atoms with Crippen molar-refractivity contribution in [1.29, 1.82) is 0 Å². The Morgan fingerprint density at radius 1 is 1.22 bits per heavy atom. The van der Waals surface area contributed by atoms with E-state index < -0.39 is 0 Å². The van der Waals surface area contributed by atoms with Crippen molar-refractivity contribution >= 4 is 0 Å². The smallest absolute Gasteiger partial charge is 0.0829 e. The highest BCUT2D eigenvalue weighted by Gasteiger charge is 2.34. The number of morpholine rings is 1. The molecule has 18 heavy (non-hydrogen) atoms. The number of rotatable bonds is 3.